The van der Waals surface area contributed by atoms with Crippen molar-refractivity contribution in [2.75, 3.05) is 36.3 Å². The van der Waals surface area contributed by atoms with E-state index in [0.29, 0.717) is 5.95 Å². The van der Waals surface area contributed by atoms with Gasteiger partial charge in [-0.25, -0.2) is 9.59 Å². The Labute approximate surface area is 206 Å². The summed E-state index contributed by atoms with van der Waals surface area (Å²) in [5.74, 6) is -3.33. The Morgan fingerprint density at radius 3 is 2.33 bits per heavy atom. The number of benzene rings is 1. The molecule has 0 saturated carbocycles. The normalized spacial score (nSPS) is 19.1. The Bertz CT molecular complexity index is 1250. The fourth-order valence-corrected chi connectivity index (χ4v) is 4.53. The topological polar surface area (TPSA) is 160 Å². The number of H-pyrrole nitrogens is 1. The van der Waals surface area contributed by atoms with Crippen molar-refractivity contribution in [2.24, 2.45) is 0 Å². The number of methoxy groups -OCH3 is 2. The van der Waals surface area contributed by atoms with Gasteiger partial charge in [-0.1, -0.05) is 0 Å². The molecule has 1 aromatic carbocycles. The van der Waals surface area contributed by atoms with E-state index in [9.17, 15) is 24.0 Å². The first-order chi connectivity index (χ1) is 17.2. The number of fused-ring (bicyclic) bond motifs is 1. The van der Waals surface area contributed by atoms with E-state index in [1.165, 1.54) is 32.4 Å². The summed E-state index contributed by atoms with van der Waals surface area (Å²) < 4.78 is 9.42. The second kappa shape index (κ2) is 10.2. The van der Waals surface area contributed by atoms with Gasteiger partial charge in [0.15, 0.2) is 0 Å². The van der Waals surface area contributed by atoms with Gasteiger partial charge in [0.25, 0.3) is 5.56 Å². The predicted molar refractivity (Wildman–Crippen MR) is 129 cm³/mol. The quantitative estimate of drug-likeness (QED) is 0.523. The molecule has 2 aliphatic heterocycles. The van der Waals surface area contributed by atoms with Crippen molar-refractivity contribution in [1.29, 1.82) is 0 Å². The first-order valence-electron chi connectivity index (χ1n) is 11.5. The minimum absolute atomic E-state index is 0.0114. The third-order valence-corrected chi connectivity index (χ3v) is 6.37. The summed E-state index contributed by atoms with van der Waals surface area (Å²) in [5.41, 5.74) is -0.363. The van der Waals surface area contributed by atoms with Crippen molar-refractivity contribution in [3.63, 3.8) is 0 Å². The van der Waals surface area contributed by atoms with Crippen LogP contribution >= 0.6 is 0 Å². The van der Waals surface area contributed by atoms with Crippen LogP contribution in [-0.2, 0) is 19.1 Å². The van der Waals surface area contributed by atoms with E-state index >= 15 is 0 Å². The van der Waals surface area contributed by atoms with E-state index in [1.54, 1.807) is 0 Å². The van der Waals surface area contributed by atoms with Crippen molar-refractivity contribution in [1.82, 2.24) is 9.97 Å². The van der Waals surface area contributed by atoms with E-state index in [1.807, 2.05) is 11.8 Å². The Morgan fingerprint density at radius 1 is 1.06 bits per heavy atom. The minimum atomic E-state index is -1.14. The summed E-state index contributed by atoms with van der Waals surface area (Å²) in [6.07, 6.45) is 2.72. The molecule has 12 nitrogen and oxygen atoms in total. The number of esters is 2. The molecule has 1 aromatic heterocycles. The maximum atomic E-state index is 13.3. The van der Waals surface area contributed by atoms with Crippen molar-refractivity contribution >= 4 is 41.2 Å². The van der Waals surface area contributed by atoms with Crippen LogP contribution in [0.15, 0.2) is 23.0 Å². The molecule has 36 heavy (non-hydrogen) atoms. The summed E-state index contributed by atoms with van der Waals surface area (Å²) in [7, 11) is 2.36. The van der Waals surface area contributed by atoms with Crippen LogP contribution in [0.3, 0.4) is 0 Å². The van der Waals surface area contributed by atoms with Gasteiger partial charge in [0.05, 0.1) is 36.8 Å². The fourth-order valence-electron chi connectivity index (χ4n) is 4.53. The van der Waals surface area contributed by atoms with Gasteiger partial charge in [-0.3, -0.25) is 19.4 Å². The molecule has 0 aliphatic carbocycles. The van der Waals surface area contributed by atoms with E-state index in [4.69, 9.17) is 9.47 Å². The number of aromatic amines is 1. The van der Waals surface area contributed by atoms with Crippen LogP contribution in [0.1, 0.15) is 64.8 Å². The van der Waals surface area contributed by atoms with Crippen LogP contribution in [0.5, 0.6) is 0 Å². The van der Waals surface area contributed by atoms with Gasteiger partial charge >= 0.3 is 11.9 Å². The van der Waals surface area contributed by atoms with Crippen LogP contribution < -0.4 is 21.1 Å². The Hall–Kier alpha value is -4.22. The molecule has 1 fully saturated rings. The van der Waals surface area contributed by atoms with Crippen LogP contribution in [0.4, 0.5) is 17.5 Å². The molecule has 190 valence electrons. The number of ether oxygens (including phenoxy) is 2. The van der Waals surface area contributed by atoms with Gasteiger partial charge in [0.2, 0.25) is 17.8 Å². The number of nitrogens with zero attached hydrogens (tertiary/aromatic N) is 2. The molecular formula is C24H27N5O7. The molecule has 3 heterocycles. The molecule has 2 atom stereocenters. The highest BCUT2D eigenvalue weighted by molar-refractivity contribution is 6.05. The lowest BCUT2D eigenvalue weighted by molar-refractivity contribution is -0.123. The molecule has 0 radical (unpaired) electrons. The Kier molecular flexibility index (Phi) is 7.04. The van der Waals surface area contributed by atoms with E-state index in [0.717, 1.165) is 25.8 Å². The lowest BCUT2D eigenvalue weighted by Crippen LogP contribution is -2.42. The summed E-state index contributed by atoms with van der Waals surface area (Å²) in [5, 5.41) is 5.21. The highest BCUT2D eigenvalue weighted by Crippen LogP contribution is 2.31. The van der Waals surface area contributed by atoms with Gasteiger partial charge in [-0.15, -0.1) is 0 Å². The fraction of sp³-hybridized carbons (Fsp3) is 0.417. The second-order valence-electron chi connectivity index (χ2n) is 8.77. The monoisotopic (exact) mass is 497 g/mol. The van der Waals surface area contributed by atoms with Gasteiger partial charge < -0.3 is 25.0 Å². The number of rotatable bonds is 5. The number of piperidine rings is 1. The van der Waals surface area contributed by atoms with Crippen LogP contribution in [0.25, 0.3) is 0 Å². The molecule has 0 bridgehead atoms. The molecule has 2 aliphatic rings. The van der Waals surface area contributed by atoms with Crippen molar-refractivity contribution in [2.45, 2.75) is 44.6 Å². The summed E-state index contributed by atoms with van der Waals surface area (Å²) in [6, 6.07) is 4.09. The van der Waals surface area contributed by atoms with Crippen molar-refractivity contribution in [3.8, 4) is 0 Å². The number of aromatic nitrogens is 2. The zero-order valence-electron chi connectivity index (χ0n) is 20.2. The molecule has 2 aromatic rings. The average Bonchev–Trinajstić information content (AvgIpc) is 2.86. The third kappa shape index (κ3) is 4.92. The van der Waals surface area contributed by atoms with Gasteiger partial charge in [0, 0.05) is 24.7 Å². The molecular weight excluding hydrogens is 470 g/mol. The predicted octanol–water partition coefficient (Wildman–Crippen LogP) is 1.79. The van der Waals surface area contributed by atoms with Gasteiger partial charge in [-0.2, -0.15) is 4.98 Å². The smallest absolute Gasteiger partial charge is 0.337 e. The standard InChI is InChI=1S/C24H27N5O7/c1-12-6-4-5-7-29(12)24-27-19-18(21(32)28-24)16(11-17(30)26-19)20(31)25-15-9-13(22(33)35-2)8-14(10-15)23(34)36-3/h8-10,12,16H,4-7,11H2,1-3H3,(H,25,31)(H2,26,27,28,30,32)/t12-,16+/m1/s1. The first-order valence-corrected chi connectivity index (χ1v) is 11.5. The minimum Gasteiger partial charge on any atom is -0.465 e. The number of hydrogen-bond acceptors (Lipinski definition) is 9. The van der Waals surface area contributed by atoms with Crippen LogP contribution in [0.2, 0.25) is 0 Å². The largest absolute Gasteiger partial charge is 0.465 e. The Balaban J connectivity index is 1.67. The maximum absolute atomic E-state index is 13.3. The number of nitrogens with one attached hydrogen (secondary N) is 3. The molecule has 12 heteroatoms. The number of carbonyl (C=O) groups excluding carboxylic acids is 4. The highest BCUT2D eigenvalue weighted by Gasteiger charge is 2.36. The lowest BCUT2D eigenvalue weighted by Gasteiger charge is -2.34. The van der Waals surface area contributed by atoms with E-state index in [-0.39, 0.29) is 40.7 Å². The third-order valence-electron chi connectivity index (χ3n) is 6.37. The van der Waals surface area contributed by atoms with Crippen LogP contribution in [0, 0.1) is 0 Å². The van der Waals surface area contributed by atoms with Gasteiger partial charge in [0.1, 0.15) is 5.82 Å². The van der Waals surface area contributed by atoms with Crippen molar-refractivity contribution < 1.29 is 28.7 Å². The van der Waals surface area contributed by atoms with E-state index < -0.39 is 35.2 Å². The highest BCUT2D eigenvalue weighted by atomic mass is 16.5. The zero-order chi connectivity index (χ0) is 26.0. The average molecular weight is 498 g/mol. The molecule has 3 N–H and O–H groups in total. The second-order valence-corrected chi connectivity index (χ2v) is 8.77. The lowest BCUT2D eigenvalue weighted by atomic mass is 9.92. The molecule has 2 amide bonds. The molecule has 0 unspecified atom stereocenters. The maximum Gasteiger partial charge on any atom is 0.337 e. The zero-order valence-corrected chi connectivity index (χ0v) is 20.2. The summed E-state index contributed by atoms with van der Waals surface area (Å²) in [4.78, 5) is 72.1. The number of amides is 2. The van der Waals surface area contributed by atoms with E-state index in [2.05, 4.69) is 20.6 Å². The molecule has 4 rings (SSSR count). The Morgan fingerprint density at radius 2 is 1.72 bits per heavy atom. The number of anilines is 3. The number of carbonyl (C=O) groups is 4. The number of hydrogen-bond donors (Lipinski definition) is 3. The van der Waals surface area contributed by atoms with Gasteiger partial charge in [-0.05, 0) is 44.4 Å². The van der Waals surface area contributed by atoms with Crippen LogP contribution in [-0.4, -0.2) is 60.5 Å². The van der Waals surface area contributed by atoms with Crippen molar-refractivity contribution in [3.05, 3.63) is 45.2 Å². The first kappa shape index (κ1) is 24.9. The summed E-state index contributed by atoms with van der Waals surface area (Å²) >= 11 is 0. The summed E-state index contributed by atoms with van der Waals surface area (Å²) in [6.45, 7) is 2.76. The SMILES string of the molecule is COC(=O)c1cc(NC(=O)[C@H]2CC(=O)Nc3nc(N4CCCC[C@H]4C)[nH]c(=O)c32)cc(C(=O)OC)c1. The molecule has 0 spiro atoms. The molecule has 1 saturated heterocycles.